The van der Waals surface area contributed by atoms with Crippen LogP contribution in [-0.2, 0) is 46.1 Å². The van der Waals surface area contributed by atoms with Crippen LogP contribution in [0.25, 0.3) is 5.65 Å². The van der Waals surface area contributed by atoms with E-state index in [-0.39, 0.29) is 36.1 Å². The van der Waals surface area contributed by atoms with Crippen molar-refractivity contribution in [3.8, 4) is 0 Å². The highest BCUT2D eigenvalue weighted by Gasteiger charge is 2.33. The number of aryl methyl sites for hydroxylation is 2. The molecule has 61 heavy (non-hydrogen) atoms. The van der Waals surface area contributed by atoms with Crippen LogP contribution in [0, 0.1) is 0 Å². The van der Waals surface area contributed by atoms with Gasteiger partial charge in [0.25, 0.3) is 0 Å². The van der Waals surface area contributed by atoms with E-state index in [4.69, 9.17) is 10.5 Å². The molecule has 0 saturated heterocycles. The minimum atomic E-state index is -4.50. The number of fused-ring (bicyclic) bond motifs is 1. The van der Waals surface area contributed by atoms with E-state index in [1.165, 1.54) is 16.5 Å². The quantitative estimate of drug-likeness (QED) is 0.0866. The van der Waals surface area contributed by atoms with E-state index >= 15 is 0 Å². The Labute approximate surface area is 355 Å². The van der Waals surface area contributed by atoms with Gasteiger partial charge in [-0.15, -0.1) is 22.6 Å². The van der Waals surface area contributed by atoms with Gasteiger partial charge in [0.05, 0.1) is 34.9 Å². The highest BCUT2D eigenvalue weighted by Crippen LogP contribution is 2.31. The second-order valence-corrected chi connectivity index (χ2v) is 15.5. The number of hydrogen-bond acceptors (Lipinski definition) is 8. The van der Waals surface area contributed by atoms with Gasteiger partial charge in [0.1, 0.15) is 11.6 Å². The smallest absolute Gasteiger partial charge is 0.417 e. The number of pyridine rings is 2. The Hall–Kier alpha value is -5.75. The van der Waals surface area contributed by atoms with Crippen LogP contribution in [0.15, 0.2) is 97.3 Å². The third-order valence-electron chi connectivity index (χ3n) is 8.69. The Morgan fingerprint density at radius 1 is 0.738 bits per heavy atom. The molecule has 0 saturated carbocycles. The summed E-state index contributed by atoms with van der Waals surface area (Å²) in [5, 5.41) is 16.0. The van der Waals surface area contributed by atoms with Gasteiger partial charge in [-0.3, -0.25) is 19.0 Å². The number of hydrogen-bond donors (Lipinski definition) is 4. The molecule has 330 valence electrons. The van der Waals surface area contributed by atoms with E-state index in [0.29, 0.717) is 31.9 Å². The van der Waals surface area contributed by atoms with Crippen LogP contribution < -0.4 is 21.7 Å². The van der Waals surface area contributed by atoms with Gasteiger partial charge < -0.3 is 26.4 Å². The molecule has 0 bridgehead atoms. The number of halogens is 7. The molecule has 2 aromatic carbocycles. The predicted octanol–water partition coefficient (Wildman–Crippen LogP) is 7.94. The molecule has 5 rings (SSSR count). The molecule has 2 atom stereocenters. The highest BCUT2D eigenvalue weighted by atomic mass is 35.5. The monoisotopic (exact) mass is 878 g/mol. The number of carbonyl (C=O) groups excluding carboxylic acids is 3. The van der Waals surface area contributed by atoms with Crippen molar-refractivity contribution in [2.24, 2.45) is 5.73 Å². The molecular formula is C42H49ClF6N8O4. The Kier molecular flexibility index (Phi) is 17.2. The second kappa shape index (κ2) is 21.2. The maximum Gasteiger partial charge on any atom is 0.417 e. The number of ether oxygens (including phenoxy) is 1. The van der Waals surface area contributed by atoms with Gasteiger partial charge in [0, 0.05) is 12.4 Å². The molecule has 3 aromatic heterocycles. The number of benzene rings is 2. The number of carbonyl (C=O) groups is 3. The third kappa shape index (κ3) is 16.0. The van der Waals surface area contributed by atoms with Gasteiger partial charge in [-0.1, -0.05) is 60.7 Å². The first-order valence-electron chi connectivity index (χ1n) is 18.9. The molecule has 0 radical (unpaired) electrons. The molecule has 0 aliphatic rings. The number of aromatic nitrogens is 4. The number of nitrogens with zero attached hydrogens (tertiary/aromatic N) is 4. The van der Waals surface area contributed by atoms with Crippen LogP contribution in [0.3, 0.4) is 0 Å². The first kappa shape index (κ1) is 49.6. The van der Waals surface area contributed by atoms with Crippen LogP contribution in [-0.4, -0.2) is 54.7 Å². The Morgan fingerprint density at radius 2 is 1.30 bits per heavy atom. The molecule has 5 N–H and O–H groups in total. The summed E-state index contributed by atoms with van der Waals surface area (Å²) in [6, 6.07) is 21.8. The molecule has 3 amide bonds. The van der Waals surface area contributed by atoms with E-state index < -0.39 is 64.6 Å². The molecule has 0 fully saturated rings. The summed E-state index contributed by atoms with van der Waals surface area (Å²) in [5.74, 6) is -0.692. The molecule has 3 heterocycles. The van der Waals surface area contributed by atoms with Crippen molar-refractivity contribution >= 4 is 36.0 Å². The van der Waals surface area contributed by atoms with E-state index in [2.05, 4.69) is 31.1 Å². The largest absolute Gasteiger partial charge is 0.444 e. The van der Waals surface area contributed by atoms with Crippen molar-refractivity contribution in [2.45, 2.75) is 102 Å². The highest BCUT2D eigenvalue weighted by molar-refractivity contribution is 5.86. The zero-order valence-corrected chi connectivity index (χ0v) is 34.9. The topological polar surface area (TPSA) is 166 Å². The first-order valence-corrected chi connectivity index (χ1v) is 18.9. The number of nitrogens with one attached hydrogen (secondary N) is 3. The summed E-state index contributed by atoms with van der Waals surface area (Å²) < 4.78 is 83.9. The fourth-order valence-electron chi connectivity index (χ4n) is 5.55. The lowest BCUT2D eigenvalue weighted by molar-refractivity contribution is -0.138. The molecular weight excluding hydrogens is 830 g/mol. The normalized spacial score (nSPS) is 12.9. The summed E-state index contributed by atoms with van der Waals surface area (Å²) >= 11 is 0. The maximum absolute atomic E-state index is 13.2. The zero-order chi connectivity index (χ0) is 44.3. The lowest BCUT2D eigenvalue weighted by Gasteiger charge is -2.23. The van der Waals surface area contributed by atoms with Gasteiger partial charge >= 0.3 is 18.4 Å². The molecule has 0 aliphatic carbocycles. The number of amides is 3. The van der Waals surface area contributed by atoms with Crippen LogP contribution >= 0.6 is 12.4 Å². The number of alkyl halides is 6. The second-order valence-electron chi connectivity index (χ2n) is 15.5. The predicted molar refractivity (Wildman–Crippen MR) is 218 cm³/mol. The molecule has 5 aromatic rings. The van der Waals surface area contributed by atoms with Crippen molar-refractivity contribution < 1.29 is 45.5 Å². The molecule has 0 aliphatic heterocycles. The Morgan fingerprint density at radius 3 is 1.80 bits per heavy atom. The zero-order valence-electron chi connectivity index (χ0n) is 34.1. The van der Waals surface area contributed by atoms with E-state index in [9.17, 15) is 40.7 Å². The summed E-state index contributed by atoms with van der Waals surface area (Å²) in [5.41, 5.74) is 4.87. The number of alkyl carbamates (subject to hydrolysis) is 1. The summed E-state index contributed by atoms with van der Waals surface area (Å²) in [4.78, 5) is 41.0. The van der Waals surface area contributed by atoms with Crippen molar-refractivity contribution in [1.29, 1.82) is 0 Å². The average Bonchev–Trinajstić information content (AvgIpc) is 3.60. The molecule has 12 nitrogen and oxygen atoms in total. The average molecular weight is 879 g/mol. The van der Waals surface area contributed by atoms with Crippen molar-refractivity contribution in [3.05, 3.63) is 131 Å². The standard InChI is InChI=1S/C22H26F3N3O3.C20H22F3N5O.ClH/c1-21(2,3)31-20(30)28-18(12-9-15-7-5-4-6-8-15)19(29)27-14-17-11-10-16(13-26-17)22(23,24)25;1-19(2,24)18(29)25-15(10-8-13-6-4-3-5-7-13)17-27-26-16-11-9-14(12-28(16)17)20(21,22)23;/h4-8,10-11,13,18H,9,12,14H2,1-3H3,(H,27,29)(H,28,30);3-7,9,11-12,15H,8,10,24H2,1-2H3,(H,25,29);1H/t18-;15-;/m11./s1. The van der Waals surface area contributed by atoms with Crippen LogP contribution in [0.2, 0.25) is 0 Å². The van der Waals surface area contributed by atoms with Gasteiger partial charge in [-0.05, 0) is 95.7 Å². The van der Waals surface area contributed by atoms with E-state index in [1.807, 2.05) is 60.7 Å². The van der Waals surface area contributed by atoms with E-state index in [0.717, 1.165) is 29.5 Å². The van der Waals surface area contributed by atoms with Crippen molar-refractivity contribution in [1.82, 2.24) is 35.5 Å². The van der Waals surface area contributed by atoms with Crippen molar-refractivity contribution in [3.63, 3.8) is 0 Å². The lowest BCUT2D eigenvalue weighted by atomic mass is 10.0. The van der Waals surface area contributed by atoms with Gasteiger partial charge in [0.2, 0.25) is 11.8 Å². The fourth-order valence-corrected chi connectivity index (χ4v) is 5.55. The Balaban J connectivity index is 0.000000321. The van der Waals surface area contributed by atoms with Crippen LogP contribution in [0.1, 0.15) is 87.3 Å². The minimum Gasteiger partial charge on any atom is -0.444 e. The lowest BCUT2D eigenvalue weighted by Crippen LogP contribution is -2.50. The minimum absolute atomic E-state index is 0. The van der Waals surface area contributed by atoms with Gasteiger partial charge in [-0.25, -0.2) is 4.79 Å². The third-order valence-corrected chi connectivity index (χ3v) is 8.69. The van der Waals surface area contributed by atoms with Gasteiger partial charge in [-0.2, -0.15) is 26.3 Å². The fraction of sp³-hybridized carbons (Fsp3) is 0.381. The summed E-state index contributed by atoms with van der Waals surface area (Å²) in [6.07, 6.45) is -6.19. The number of nitrogens with two attached hydrogens (primary N) is 1. The SMILES string of the molecule is CC(C)(C)OC(=O)N[C@H](CCc1ccccc1)C(=O)NCc1ccc(C(F)(F)F)cn1.CC(C)(N)C(=O)N[C@H](CCc1ccccc1)c1nnc2ccc(C(F)(F)F)cn12.Cl. The van der Waals surface area contributed by atoms with Gasteiger partial charge in [0.15, 0.2) is 11.5 Å². The molecule has 19 heteroatoms. The summed E-state index contributed by atoms with van der Waals surface area (Å²) in [6.45, 7) is 8.17. The van der Waals surface area contributed by atoms with Crippen LogP contribution in [0.4, 0.5) is 31.1 Å². The Bertz CT molecular complexity index is 2170. The molecule has 0 spiro atoms. The van der Waals surface area contributed by atoms with Crippen LogP contribution in [0.5, 0.6) is 0 Å². The number of rotatable bonds is 13. The van der Waals surface area contributed by atoms with E-state index in [1.54, 1.807) is 34.6 Å². The maximum atomic E-state index is 13.2. The summed E-state index contributed by atoms with van der Waals surface area (Å²) in [7, 11) is 0. The van der Waals surface area contributed by atoms with Crippen molar-refractivity contribution in [2.75, 3.05) is 0 Å². The first-order chi connectivity index (χ1) is 28.0. The molecule has 0 unspecified atom stereocenters.